The van der Waals surface area contributed by atoms with Crippen LogP contribution in [0, 0.1) is 11.8 Å². The van der Waals surface area contributed by atoms with Crippen LogP contribution in [-0.2, 0) is 0 Å². The fourth-order valence-electron chi connectivity index (χ4n) is 2.64. The van der Waals surface area contributed by atoms with Crippen molar-refractivity contribution in [2.45, 2.75) is 51.5 Å². The van der Waals surface area contributed by atoms with Crippen LogP contribution in [0.5, 0.6) is 0 Å². The van der Waals surface area contributed by atoms with E-state index in [0.29, 0.717) is 6.04 Å². The van der Waals surface area contributed by atoms with Gasteiger partial charge in [0.2, 0.25) is 0 Å². The number of hydrazine groups is 1. The minimum absolute atomic E-state index is 0.446. The average molecular weight is 196 g/mol. The Labute approximate surface area is 87.9 Å². The van der Waals surface area contributed by atoms with Gasteiger partial charge >= 0.3 is 0 Å². The Bertz CT molecular complexity index is 168. The van der Waals surface area contributed by atoms with Gasteiger partial charge in [-0.15, -0.1) is 6.58 Å². The highest BCUT2D eigenvalue weighted by Gasteiger charge is 2.26. The van der Waals surface area contributed by atoms with Gasteiger partial charge in [0.15, 0.2) is 0 Å². The van der Waals surface area contributed by atoms with Crippen LogP contribution in [0.15, 0.2) is 12.7 Å². The van der Waals surface area contributed by atoms with Crippen molar-refractivity contribution < 1.29 is 0 Å². The lowest BCUT2D eigenvalue weighted by molar-refractivity contribution is 0.209. The molecule has 0 saturated heterocycles. The lowest BCUT2D eigenvalue weighted by atomic mass is 9.76. The monoisotopic (exact) mass is 196 g/mol. The molecule has 14 heavy (non-hydrogen) atoms. The maximum atomic E-state index is 5.58. The number of rotatable bonds is 5. The van der Waals surface area contributed by atoms with Crippen LogP contribution in [0.3, 0.4) is 0 Å². The third-order valence-electron chi connectivity index (χ3n) is 3.60. The second-order valence-corrected chi connectivity index (χ2v) is 4.50. The molecule has 0 amide bonds. The van der Waals surface area contributed by atoms with E-state index < -0.39 is 0 Å². The van der Waals surface area contributed by atoms with Crippen LogP contribution in [0.25, 0.3) is 0 Å². The Morgan fingerprint density at radius 2 is 2.36 bits per heavy atom. The van der Waals surface area contributed by atoms with Crippen molar-refractivity contribution in [3.8, 4) is 0 Å². The third-order valence-corrected chi connectivity index (χ3v) is 3.60. The standard InChI is InChI=1S/C12H24N2/c1-3-6-12(14-13)11-8-5-7-10(4-2)9-11/h3,10-12,14H,1,4-9,13H2,2H3. The Balaban J connectivity index is 2.43. The van der Waals surface area contributed by atoms with Crippen molar-refractivity contribution in [2.24, 2.45) is 17.7 Å². The molecule has 0 spiro atoms. The van der Waals surface area contributed by atoms with Gasteiger partial charge in [0.05, 0.1) is 0 Å². The highest BCUT2D eigenvalue weighted by molar-refractivity contribution is 4.85. The molecule has 1 aliphatic carbocycles. The van der Waals surface area contributed by atoms with Crippen LogP contribution in [0.2, 0.25) is 0 Å². The summed E-state index contributed by atoms with van der Waals surface area (Å²) in [5, 5.41) is 0. The van der Waals surface area contributed by atoms with Crippen LogP contribution in [0.1, 0.15) is 45.4 Å². The maximum absolute atomic E-state index is 5.58. The molecular formula is C12H24N2. The van der Waals surface area contributed by atoms with Gasteiger partial charge in [-0.1, -0.05) is 32.3 Å². The molecule has 3 atom stereocenters. The summed E-state index contributed by atoms with van der Waals surface area (Å²) < 4.78 is 0. The summed E-state index contributed by atoms with van der Waals surface area (Å²) in [4.78, 5) is 0. The Morgan fingerprint density at radius 3 is 2.93 bits per heavy atom. The summed E-state index contributed by atoms with van der Waals surface area (Å²) in [7, 11) is 0. The predicted octanol–water partition coefficient (Wildman–Crippen LogP) is 2.61. The summed E-state index contributed by atoms with van der Waals surface area (Å²) in [6, 6.07) is 0.446. The van der Waals surface area contributed by atoms with E-state index in [9.17, 15) is 0 Å². The lowest BCUT2D eigenvalue weighted by Gasteiger charge is -2.33. The number of nitrogens with two attached hydrogens (primary N) is 1. The van der Waals surface area contributed by atoms with Gasteiger partial charge in [0, 0.05) is 6.04 Å². The van der Waals surface area contributed by atoms with E-state index >= 15 is 0 Å². The zero-order valence-electron chi connectivity index (χ0n) is 9.34. The highest BCUT2D eigenvalue weighted by atomic mass is 15.2. The van der Waals surface area contributed by atoms with Gasteiger partial charge in [0.1, 0.15) is 0 Å². The molecule has 1 aliphatic rings. The Hall–Kier alpha value is -0.340. The smallest absolute Gasteiger partial charge is 0.0273 e. The van der Waals surface area contributed by atoms with E-state index in [0.717, 1.165) is 18.3 Å². The van der Waals surface area contributed by atoms with E-state index in [2.05, 4.69) is 18.9 Å². The third kappa shape index (κ3) is 3.10. The summed E-state index contributed by atoms with van der Waals surface area (Å²) in [5.41, 5.74) is 2.95. The van der Waals surface area contributed by atoms with E-state index in [4.69, 9.17) is 5.84 Å². The number of hydrogen-bond donors (Lipinski definition) is 2. The van der Waals surface area contributed by atoms with E-state index in [1.807, 2.05) is 6.08 Å². The van der Waals surface area contributed by atoms with E-state index in [1.54, 1.807) is 0 Å². The highest BCUT2D eigenvalue weighted by Crippen LogP contribution is 2.33. The topological polar surface area (TPSA) is 38.0 Å². The molecule has 0 radical (unpaired) electrons. The lowest BCUT2D eigenvalue weighted by Crippen LogP contribution is -2.42. The first-order valence-corrected chi connectivity index (χ1v) is 5.88. The molecule has 82 valence electrons. The quantitative estimate of drug-likeness (QED) is 0.403. The minimum atomic E-state index is 0.446. The number of hydrogen-bond acceptors (Lipinski definition) is 2. The average Bonchev–Trinajstić information content (AvgIpc) is 2.26. The second-order valence-electron chi connectivity index (χ2n) is 4.50. The molecule has 1 saturated carbocycles. The summed E-state index contributed by atoms with van der Waals surface area (Å²) >= 11 is 0. The molecule has 1 rings (SSSR count). The van der Waals surface area contributed by atoms with Crippen molar-refractivity contribution in [2.75, 3.05) is 0 Å². The zero-order valence-corrected chi connectivity index (χ0v) is 9.34. The van der Waals surface area contributed by atoms with Crippen LogP contribution in [0.4, 0.5) is 0 Å². The van der Waals surface area contributed by atoms with Crippen molar-refractivity contribution in [3.63, 3.8) is 0 Å². The maximum Gasteiger partial charge on any atom is 0.0273 e. The fourth-order valence-corrected chi connectivity index (χ4v) is 2.64. The van der Waals surface area contributed by atoms with Gasteiger partial charge in [-0.25, -0.2) is 0 Å². The van der Waals surface area contributed by atoms with Gasteiger partial charge in [-0.3, -0.25) is 11.3 Å². The second kappa shape index (κ2) is 6.20. The van der Waals surface area contributed by atoms with Crippen LogP contribution in [-0.4, -0.2) is 6.04 Å². The van der Waals surface area contributed by atoms with Crippen molar-refractivity contribution in [3.05, 3.63) is 12.7 Å². The Morgan fingerprint density at radius 1 is 1.57 bits per heavy atom. The van der Waals surface area contributed by atoms with Gasteiger partial charge in [0.25, 0.3) is 0 Å². The van der Waals surface area contributed by atoms with Crippen LogP contribution < -0.4 is 11.3 Å². The Kier molecular flexibility index (Phi) is 5.20. The molecule has 0 aromatic rings. The SMILES string of the molecule is C=CCC(NN)C1CCCC(CC)C1. The molecule has 0 bridgehead atoms. The van der Waals surface area contributed by atoms with Gasteiger partial charge in [-0.2, -0.15) is 0 Å². The van der Waals surface area contributed by atoms with Crippen molar-refractivity contribution >= 4 is 0 Å². The number of nitrogens with one attached hydrogen (secondary N) is 1. The fraction of sp³-hybridized carbons (Fsp3) is 0.833. The summed E-state index contributed by atoms with van der Waals surface area (Å²) in [6.45, 7) is 6.08. The predicted molar refractivity (Wildman–Crippen MR) is 61.7 cm³/mol. The zero-order chi connectivity index (χ0) is 10.4. The molecular weight excluding hydrogens is 172 g/mol. The molecule has 1 fully saturated rings. The van der Waals surface area contributed by atoms with Gasteiger partial charge < -0.3 is 0 Å². The first-order chi connectivity index (χ1) is 6.81. The molecule has 0 aliphatic heterocycles. The first kappa shape index (κ1) is 11.7. The minimum Gasteiger partial charge on any atom is -0.271 e. The van der Waals surface area contributed by atoms with E-state index in [1.165, 1.54) is 32.1 Å². The summed E-state index contributed by atoms with van der Waals surface area (Å²) in [5.74, 6) is 7.27. The van der Waals surface area contributed by atoms with E-state index in [-0.39, 0.29) is 0 Å². The molecule has 3 unspecified atom stereocenters. The van der Waals surface area contributed by atoms with Crippen molar-refractivity contribution in [1.29, 1.82) is 0 Å². The molecule has 0 aromatic heterocycles. The summed E-state index contributed by atoms with van der Waals surface area (Å²) in [6.07, 6.45) is 9.76. The molecule has 2 nitrogen and oxygen atoms in total. The molecule has 0 aromatic carbocycles. The van der Waals surface area contributed by atoms with Crippen LogP contribution >= 0.6 is 0 Å². The van der Waals surface area contributed by atoms with Gasteiger partial charge in [-0.05, 0) is 31.1 Å². The first-order valence-electron chi connectivity index (χ1n) is 5.88. The van der Waals surface area contributed by atoms with Crippen molar-refractivity contribution in [1.82, 2.24) is 5.43 Å². The molecule has 2 heteroatoms. The largest absolute Gasteiger partial charge is 0.271 e. The normalized spacial score (nSPS) is 29.9. The molecule has 0 heterocycles. The molecule has 3 N–H and O–H groups in total.